The lowest BCUT2D eigenvalue weighted by Crippen LogP contribution is -2.07. The third-order valence-corrected chi connectivity index (χ3v) is 3.82. The van der Waals surface area contributed by atoms with Gasteiger partial charge in [0.05, 0.1) is 26.4 Å². The number of carbonyl (C=O) groups is 2. The van der Waals surface area contributed by atoms with Crippen molar-refractivity contribution >= 4 is 33.5 Å². The van der Waals surface area contributed by atoms with Gasteiger partial charge < -0.3 is 10.2 Å². The quantitative estimate of drug-likeness (QED) is 0.891. The maximum Gasteiger partial charge on any atom is 0.336 e. The van der Waals surface area contributed by atoms with Gasteiger partial charge in [-0.3, -0.25) is 0 Å². The van der Waals surface area contributed by atoms with Gasteiger partial charge in [-0.25, -0.2) is 14.6 Å². The second kappa shape index (κ2) is 4.38. The lowest BCUT2D eigenvalue weighted by Gasteiger charge is -2.00. The molecule has 0 aliphatic rings. The maximum absolute atomic E-state index is 11.0. The van der Waals surface area contributed by atoms with E-state index in [0.29, 0.717) is 10.2 Å². The van der Waals surface area contributed by atoms with Gasteiger partial charge in [-0.05, 0) is 12.1 Å². The van der Waals surface area contributed by atoms with E-state index in [1.54, 1.807) is 0 Å². The molecule has 6 heteroatoms. The average Bonchev–Trinajstić information content (AvgIpc) is 2.69. The van der Waals surface area contributed by atoms with Crippen LogP contribution < -0.4 is 0 Å². The van der Waals surface area contributed by atoms with Gasteiger partial charge in [-0.2, -0.15) is 0 Å². The smallest absolute Gasteiger partial charge is 0.336 e. The molecule has 0 saturated carbocycles. The first-order valence-corrected chi connectivity index (χ1v) is 6.13. The van der Waals surface area contributed by atoms with Crippen LogP contribution in [0.4, 0.5) is 0 Å². The summed E-state index contributed by atoms with van der Waals surface area (Å²) < 4.78 is 0.695. The van der Waals surface area contributed by atoms with Gasteiger partial charge >= 0.3 is 11.9 Å². The highest BCUT2D eigenvalue weighted by Crippen LogP contribution is 2.29. The van der Waals surface area contributed by atoms with Crippen LogP contribution in [-0.4, -0.2) is 27.1 Å². The number of carboxylic acid groups (broad SMARTS) is 2. The standard InChI is InChI=1S/C12H11NO4S/c1-5(2)10-13-8-3-6(11(14)15)7(12(16)17)4-9(8)18-10/h3-5H,1-2H3,(H,14,15)(H,16,17). The van der Waals surface area contributed by atoms with Crippen LogP contribution in [0.1, 0.15) is 45.5 Å². The normalized spacial score (nSPS) is 11.1. The first-order valence-electron chi connectivity index (χ1n) is 5.31. The molecule has 0 saturated heterocycles. The van der Waals surface area contributed by atoms with Crippen molar-refractivity contribution in [1.29, 1.82) is 0 Å². The van der Waals surface area contributed by atoms with Gasteiger partial charge in [0.15, 0.2) is 0 Å². The van der Waals surface area contributed by atoms with Crippen molar-refractivity contribution in [2.75, 3.05) is 0 Å². The van der Waals surface area contributed by atoms with Gasteiger partial charge in [0.2, 0.25) is 0 Å². The van der Waals surface area contributed by atoms with E-state index in [1.807, 2.05) is 13.8 Å². The molecular weight excluding hydrogens is 254 g/mol. The van der Waals surface area contributed by atoms with Crippen LogP contribution in [0.25, 0.3) is 10.2 Å². The fraction of sp³-hybridized carbons (Fsp3) is 0.250. The molecule has 1 aromatic carbocycles. The first kappa shape index (κ1) is 12.5. The monoisotopic (exact) mass is 265 g/mol. The Morgan fingerprint density at radius 2 is 1.72 bits per heavy atom. The number of hydrogen-bond acceptors (Lipinski definition) is 4. The molecular formula is C12H11NO4S. The Morgan fingerprint density at radius 1 is 1.17 bits per heavy atom. The molecule has 0 spiro atoms. The Bertz CT molecular complexity index is 594. The predicted molar refractivity (Wildman–Crippen MR) is 67.6 cm³/mol. The molecule has 5 nitrogen and oxygen atoms in total. The van der Waals surface area contributed by atoms with Gasteiger partial charge in [0.1, 0.15) is 0 Å². The molecule has 0 unspecified atom stereocenters. The second-order valence-corrected chi connectivity index (χ2v) is 5.24. The van der Waals surface area contributed by atoms with E-state index < -0.39 is 11.9 Å². The zero-order valence-corrected chi connectivity index (χ0v) is 10.6. The molecule has 2 aromatic rings. The zero-order valence-electron chi connectivity index (χ0n) is 9.80. The number of rotatable bonds is 3. The molecule has 0 radical (unpaired) electrons. The van der Waals surface area contributed by atoms with E-state index in [1.165, 1.54) is 23.5 Å². The minimum absolute atomic E-state index is 0.200. The van der Waals surface area contributed by atoms with Gasteiger partial charge in [0.25, 0.3) is 0 Å². The molecule has 1 heterocycles. The maximum atomic E-state index is 11.0. The van der Waals surface area contributed by atoms with Crippen LogP contribution in [0.5, 0.6) is 0 Å². The highest BCUT2D eigenvalue weighted by molar-refractivity contribution is 7.18. The number of fused-ring (bicyclic) bond motifs is 1. The largest absolute Gasteiger partial charge is 0.478 e. The van der Waals surface area contributed by atoms with Crippen LogP contribution in [0.15, 0.2) is 12.1 Å². The lowest BCUT2D eigenvalue weighted by atomic mass is 10.1. The third kappa shape index (κ3) is 2.06. The topological polar surface area (TPSA) is 87.5 Å². The molecule has 0 fully saturated rings. The Kier molecular flexibility index (Phi) is 3.04. The summed E-state index contributed by atoms with van der Waals surface area (Å²) in [6.45, 7) is 3.96. The van der Waals surface area contributed by atoms with Crippen LogP contribution >= 0.6 is 11.3 Å². The van der Waals surface area contributed by atoms with Gasteiger partial charge in [0, 0.05) is 5.92 Å². The van der Waals surface area contributed by atoms with Crippen molar-refractivity contribution in [3.05, 3.63) is 28.3 Å². The lowest BCUT2D eigenvalue weighted by molar-refractivity contribution is 0.0652. The number of nitrogens with zero attached hydrogens (tertiary/aromatic N) is 1. The summed E-state index contributed by atoms with van der Waals surface area (Å²) >= 11 is 1.39. The molecule has 1 aromatic heterocycles. The summed E-state index contributed by atoms with van der Waals surface area (Å²) in [7, 11) is 0. The van der Waals surface area contributed by atoms with Crippen LogP contribution in [0.3, 0.4) is 0 Å². The van der Waals surface area contributed by atoms with Crippen molar-refractivity contribution in [1.82, 2.24) is 4.98 Å². The van der Waals surface area contributed by atoms with E-state index >= 15 is 0 Å². The summed E-state index contributed by atoms with van der Waals surface area (Å²) in [5.41, 5.74) is 0.107. The molecule has 2 rings (SSSR count). The van der Waals surface area contributed by atoms with E-state index in [-0.39, 0.29) is 17.0 Å². The van der Waals surface area contributed by atoms with Crippen molar-refractivity contribution in [2.45, 2.75) is 19.8 Å². The molecule has 0 amide bonds. The van der Waals surface area contributed by atoms with E-state index in [4.69, 9.17) is 10.2 Å². The Balaban J connectivity index is 2.72. The van der Waals surface area contributed by atoms with E-state index in [2.05, 4.69) is 4.98 Å². The second-order valence-electron chi connectivity index (χ2n) is 4.18. The Hall–Kier alpha value is -1.95. The Morgan fingerprint density at radius 3 is 2.22 bits per heavy atom. The number of thiazole rings is 1. The molecule has 2 N–H and O–H groups in total. The number of carboxylic acids is 2. The molecule has 94 valence electrons. The fourth-order valence-electron chi connectivity index (χ4n) is 1.59. The highest BCUT2D eigenvalue weighted by atomic mass is 32.1. The summed E-state index contributed by atoms with van der Waals surface area (Å²) in [5.74, 6) is -2.27. The number of aromatic carboxylic acids is 2. The third-order valence-electron chi connectivity index (χ3n) is 2.50. The predicted octanol–water partition coefficient (Wildman–Crippen LogP) is 2.82. The van der Waals surface area contributed by atoms with E-state index in [0.717, 1.165) is 5.01 Å². The van der Waals surface area contributed by atoms with Crippen LogP contribution in [0.2, 0.25) is 0 Å². The van der Waals surface area contributed by atoms with Crippen molar-refractivity contribution in [3.8, 4) is 0 Å². The Labute approximate surface area is 107 Å². The van der Waals surface area contributed by atoms with Crippen LogP contribution in [0, 0.1) is 0 Å². The number of aromatic nitrogens is 1. The highest BCUT2D eigenvalue weighted by Gasteiger charge is 2.19. The van der Waals surface area contributed by atoms with E-state index in [9.17, 15) is 9.59 Å². The molecule has 18 heavy (non-hydrogen) atoms. The minimum Gasteiger partial charge on any atom is -0.478 e. The fourth-order valence-corrected chi connectivity index (χ4v) is 2.58. The van der Waals surface area contributed by atoms with Crippen molar-refractivity contribution in [2.24, 2.45) is 0 Å². The average molecular weight is 265 g/mol. The molecule has 0 bridgehead atoms. The zero-order chi connectivity index (χ0) is 13.4. The minimum atomic E-state index is -1.26. The van der Waals surface area contributed by atoms with Crippen molar-refractivity contribution < 1.29 is 19.8 Å². The summed E-state index contributed by atoms with van der Waals surface area (Å²) in [6, 6.07) is 2.70. The van der Waals surface area contributed by atoms with Crippen LogP contribution in [-0.2, 0) is 0 Å². The SMILES string of the molecule is CC(C)c1nc2cc(C(=O)O)c(C(=O)O)cc2s1. The van der Waals surface area contributed by atoms with Gasteiger partial charge in [-0.1, -0.05) is 13.8 Å². The number of benzene rings is 1. The summed E-state index contributed by atoms with van der Waals surface area (Å²) in [6.07, 6.45) is 0. The molecule has 0 atom stereocenters. The molecule has 0 aliphatic carbocycles. The molecule has 0 aliphatic heterocycles. The first-order chi connectivity index (χ1) is 8.40. The summed E-state index contributed by atoms with van der Waals surface area (Å²) in [4.78, 5) is 26.4. The summed E-state index contributed by atoms with van der Waals surface area (Å²) in [5, 5.41) is 18.9. The number of hydrogen-bond donors (Lipinski definition) is 2. The van der Waals surface area contributed by atoms with Gasteiger partial charge in [-0.15, -0.1) is 11.3 Å². The van der Waals surface area contributed by atoms with Crippen molar-refractivity contribution in [3.63, 3.8) is 0 Å².